The van der Waals surface area contributed by atoms with E-state index in [0.717, 1.165) is 36.4 Å². The number of hydrogen-bond acceptors (Lipinski definition) is 6. The molecule has 0 saturated heterocycles. The fourth-order valence-electron chi connectivity index (χ4n) is 2.82. The lowest BCUT2D eigenvalue weighted by Gasteiger charge is -2.12. The van der Waals surface area contributed by atoms with Gasteiger partial charge in [-0.2, -0.15) is 23.3 Å². The molecule has 8 nitrogen and oxygen atoms in total. The van der Waals surface area contributed by atoms with E-state index in [1.807, 2.05) is 0 Å². The number of phenols is 1. The first-order valence-electron chi connectivity index (χ1n) is 8.83. The van der Waals surface area contributed by atoms with Gasteiger partial charge in [0, 0.05) is 0 Å². The van der Waals surface area contributed by atoms with Crippen LogP contribution >= 0.6 is 11.6 Å². The molecule has 0 aliphatic carbocycles. The number of rotatable bonds is 5. The van der Waals surface area contributed by atoms with E-state index >= 15 is 0 Å². The molecular formula is C19H15ClF3N3O5S. The van der Waals surface area contributed by atoms with Gasteiger partial charge in [0.25, 0.3) is 5.91 Å². The zero-order valence-electron chi connectivity index (χ0n) is 16.2. The maximum absolute atomic E-state index is 13.6. The van der Waals surface area contributed by atoms with Crippen molar-refractivity contribution in [2.75, 3.05) is 11.6 Å². The maximum Gasteiger partial charge on any atom is 0.435 e. The molecule has 0 fully saturated rings. The number of primary sulfonamides is 1. The first-order chi connectivity index (χ1) is 14.8. The van der Waals surface area contributed by atoms with Crippen LogP contribution in [-0.2, 0) is 14.8 Å². The Bertz CT molecular complexity index is 1240. The molecule has 0 saturated carbocycles. The number of ether oxygens (including phenoxy) is 1. The van der Waals surface area contributed by atoms with Gasteiger partial charge in [-0.1, -0.05) is 11.6 Å². The molecule has 2 aromatic carbocycles. The van der Waals surface area contributed by atoms with E-state index in [-0.39, 0.29) is 33.5 Å². The molecule has 3 N–H and O–H groups in total. The summed E-state index contributed by atoms with van der Waals surface area (Å²) in [5.41, 5.74) is -2.29. The molecule has 0 radical (unpaired) electrons. The summed E-state index contributed by atoms with van der Waals surface area (Å²) in [4.78, 5) is 12.5. The lowest BCUT2D eigenvalue weighted by molar-refractivity contribution is -0.114. The van der Waals surface area contributed by atoms with E-state index < -0.39 is 39.1 Å². The predicted octanol–water partition coefficient (Wildman–Crippen LogP) is 3.44. The predicted molar refractivity (Wildman–Crippen MR) is 111 cm³/mol. The second kappa shape index (κ2) is 8.45. The third-order valence-electron chi connectivity index (χ3n) is 4.22. The van der Waals surface area contributed by atoms with Crippen LogP contribution in [0.25, 0.3) is 6.08 Å². The maximum atomic E-state index is 13.6. The van der Waals surface area contributed by atoms with E-state index in [9.17, 15) is 31.5 Å². The highest BCUT2D eigenvalue weighted by atomic mass is 35.5. The van der Waals surface area contributed by atoms with E-state index in [0.29, 0.717) is 5.01 Å². The number of halogens is 4. The summed E-state index contributed by atoms with van der Waals surface area (Å²) in [6.07, 6.45) is -4.05. The fraction of sp³-hybridized carbons (Fsp3) is 0.158. The zero-order chi connectivity index (χ0) is 23.8. The molecule has 1 aliphatic heterocycles. The van der Waals surface area contributed by atoms with E-state index in [1.165, 1.54) is 6.07 Å². The summed E-state index contributed by atoms with van der Waals surface area (Å²) in [6, 6.07) is 6.66. The minimum absolute atomic E-state index is 0.0583. The number of phenolic OH excluding ortho intramolecular Hbond substituents is 1. The third kappa shape index (κ3) is 4.71. The van der Waals surface area contributed by atoms with Crippen molar-refractivity contribution in [2.24, 2.45) is 10.2 Å². The van der Waals surface area contributed by atoms with Crippen molar-refractivity contribution in [3.05, 3.63) is 52.6 Å². The molecule has 0 spiro atoms. The fourth-order valence-corrected chi connectivity index (χ4v) is 3.55. The van der Waals surface area contributed by atoms with Crippen molar-refractivity contribution >= 4 is 45.0 Å². The molecule has 3 rings (SSSR count). The van der Waals surface area contributed by atoms with Gasteiger partial charge in [-0.05, 0) is 55.0 Å². The van der Waals surface area contributed by atoms with Crippen molar-refractivity contribution in [3.8, 4) is 11.5 Å². The molecule has 1 heterocycles. The minimum atomic E-state index is -4.97. The van der Waals surface area contributed by atoms with E-state index in [4.69, 9.17) is 21.5 Å². The third-order valence-corrected chi connectivity index (χ3v) is 5.44. The number of nitrogens with two attached hydrogens (primary N) is 1. The second-order valence-electron chi connectivity index (χ2n) is 6.44. The minimum Gasteiger partial charge on any atom is -0.503 e. The highest BCUT2D eigenvalue weighted by molar-refractivity contribution is 7.89. The highest BCUT2D eigenvalue weighted by Crippen LogP contribution is 2.38. The number of hydrogen-bond donors (Lipinski definition) is 2. The largest absolute Gasteiger partial charge is 0.503 e. The quantitative estimate of drug-likeness (QED) is 0.623. The zero-order valence-corrected chi connectivity index (χ0v) is 17.8. The average molecular weight is 490 g/mol. The van der Waals surface area contributed by atoms with Gasteiger partial charge in [-0.25, -0.2) is 13.6 Å². The monoisotopic (exact) mass is 489 g/mol. The van der Waals surface area contributed by atoms with Crippen LogP contribution in [0.15, 0.2) is 52.0 Å². The topological polar surface area (TPSA) is 122 Å². The Morgan fingerprint density at radius 1 is 1.25 bits per heavy atom. The SMILES string of the molecule is CCOc1cc(/C=C2\C(=O)N(c3ccc(S(N)(=O)=O)cc3)N=C2C(F)(F)F)cc(Cl)c1O. The van der Waals surface area contributed by atoms with Crippen LogP contribution in [0.4, 0.5) is 18.9 Å². The summed E-state index contributed by atoms with van der Waals surface area (Å²) in [7, 11) is -4.03. The molecule has 0 aromatic heterocycles. The van der Waals surface area contributed by atoms with Gasteiger partial charge < -0.3 is 9.84 Å². The summed E-state index contributed by atoms with van der Waals surface area (Å²) < 4.78 is 68.7. The normalized spacial score (nSPS) is 15.9. The molecule has 0 unspecified atom stereocenters. The number of benzene rings is 2. The molecule has 1 aliphatic rings. The van der Waals surface area contributed by atoms with Gasteiger partial charge >= 0.3 is 6.18 Å². The number of alkyl halides is 3. The summed E-state index contributed by atoms with van der Waals surface area (Å²) in [5.74, 6) is -1.57. The van der Waals surface area contributed by atoms with Crippen molar-refractivity contribution in [2.45, 2.75) is 18.0 Å². The van der Waals surface area contributed by atoms with E-state index in [1.54, 1.807) is 6.92 Å². The molecule has 0 bridgehead atoms. The van der Waals surface area contributed by atoms with Gasteiger partial charge in [0.15, 0.2) is 17.2 Å². The number of carbonyl (C=O) groups excluding carboxylic acids is 1. The second-order valence-corrected chi connectivity index (χ2v) is 8.41. The van der Waals surface area contributed by atoms with Gasteiger partial charge in [0.1, 0.15) is 0 Å². The molecule has 32 heavy (non-hydrogen) atoms. The molecule has 13 heteroatoms. The number of amides is 1. The van der Waals surface area contributed by atoms with Gasteiger partial charge in [0.05, 0.1) is 27.8 Å². The molecule has 170 valence electrons. The van der Waals surface area contributed by atoms with Crippen LogP contribution < -0.4 is 14.9 Å². The number of hydrazone groups is 1. The van der Waals surface area contributed by atoms with E-state index in [2.05, 4.69) is 5.10 Å². The Balaban J connectivity index is 2.08. The summed E-state index contributed by atoms with van der Waals surface area (Å²) in [6.45, 7) is 1.78. The van der Waals surface area contributed by atoms with Gasteiger partial charge in [-0.3, -0.25) is 4.79 Å². The van der Waals surface area contributed by atoms with Crippen molar-refractivity contribution < 1.29 is 36.2 Å². The van der Waals surface area contributed by atoms with Crippen LogP contribution in [0.2, 0.25) is 5.02 Å². The van der Waals surface area contributed by atoms with Gasteiger partial charge in [0.2, 0.25) is 10.0 Å². The summed E-state index contributed by atoms with van der Waals surface area (Å²) >= 11 is 5.91. The highest BCUT2D eigenvalue weighted by Gasteiger charge is 2.46. The average Bonchev–Trinajstić information content (AvgIpc) is 3.02. The lowest BCUT2D eigenvalue weighted by Crippen LogP contribution is -2.25. The first-order valence-corrected chi connectivity index (χ1v) is 10.8. The Labute approximate surface area is 185 Å². The smallest absolute Gasteiger partial charge is 0.435 e. The Hall–Kier alpha value is -3.09. The molecule has 1 amide bonds. The molecular weight excluding hydrogens is 475 g/mol. The molecule has 0 atom stereocenters. The van der Waals surface area contributed by atoms with Gasteiger partial charge in [-0.15, -0.1) is 0 Å². The number of carbonyl (C=O) groups is 1. The number of sulfonamides is 1. The Morgan fingerprint density at radius 2 is 1.88 bits per heavy atom. The Kier molecular flexibility index (Phi) is 6.22. The first kappa shape index (κ1) is 23.6. The Morgan fingerprint density at radius 3 is 2.41 bits per heavy atom. The standard InChI is InChI=1S/C19H15ClF3N3O5S/c1-2-31-15-9-10(8-14(20)16(15)27)7-13-17(19(21,22)23)25-26(18(13)28)11-3-5-12(6-4-11)32(24,29)30/h3-9,27H,2H2,1H3,(H2,24,29,30)/b13-7-. The van der Waals surface area contributed by atoms with Crippen LogP contribution in [0.5, 0.6) is 11.5 Å². The summed E-state index contributed by atoms with van der Waals surface area (Å²) in [5, 5.41) is 18.6. The molecule has 2 aromatic rings. The van der Waals surface area contributed by atoms with Crippen molar-refractivity contribution in [3.63, 3.8) is 0 Å². The van der Waals surface area contributed by atoms with Crippen LogP contribution in [0.3, 0.4) is 0 Å². The number of nitrogens with zero attached hydrogens (tertiary/aromatic N) is 2. The number of aromatic hydroxyl groups is 1. The van der Waals surface area contributed by atoms with Crippen LogP contribution in [-0.4, -0.2) is 37.9 Å². The number of anilines is 1. The lowest BCUT2D eigenvalue weighted by atomic mass is 10.1. The van der Waals surface area contributed by atoms with Crippen molar-refractivity contribution in [1.82, 2.24) is 0 Å². The van der Waals surface area contributed by atoms with Crippen LogP contribution in [0.1, 0.15) is 12.5 Å². The van der Waals surface area contributed by atoms with Crippen molar-refractivity contribution in [1.29, 1.82) is 0 Å². The van der Waals surface area contributed by atoms with Crippen LogP contribution in [0, 0.1) is 0 Å².